The number of halogens is 2. The summed E-state index contributed by atoms with van der Waals surface area (Å²) in [5.74, 6) is -2.86. The Morgan fingerprint density at radius 3 is 2.33 bits per heavy atom. The zero-order chi connectivity index (χ0) is 15.6. The minimum absolute atomic E-state index is 0.242. The van der Waals surface area contributed by atoms with Gasteiger partial charge in [-0.1, -0.05) is 18.3 Å². The molecule has 108 valence electrons. The fraction of sp³-hybridized carbons (Fsp3) is 0.0667. The highest BCUT2D eigenvalue weighted by atomic mass is 32.1. The van der Waals surface area contributed by atoms with Crippen LogP contribution in [-0.4, -0.2) is 17.9 Å². The Labute approximate surface area is 126 Å². The number of rotatable bonds is 3. The second-order valence-corrected chi connectivity index (χ2v) is 4.82. The third kappa shape index (κ3) is 3.05. The second-order valence-electron chi connectivity index (χ2n) is 4.38. The molecule has 0 saturated heterocycles. The lowest BCUT2D eigenvalue weighted by atomic mass is 10.1. The SMILES string of the molecule is CN(C(=O)c1cccc(F)c1F)c1ccc(C(N)=S)cc1. The minimum Gasteiger partial charge on any atom is -0.389 e. The van der Waals surface area contributed by atoms with Gasteiger partial charge in [-0.25, -0.2) is 8.78 Å². The van der Waals surface area contributed by atoms with Crippen molar-refractivity contribution in [1.29, 1.82) is 0 Å². The van der Waals surface area contributed by atoms with Gasteiger partial charge in [0.1, 0.15) is 4.99 Å². The van der Waals surface area contributed by atoms with Crippen molar-refractivity contribution in [2.75, 3.05) is 11.9 Å². The summed E-state index contributed by atoms with van der Waals surface area (Å²) < 4.78 is 26.8. The van der Waals surface area contributed by atoms with E-state index in [4.69, 9.17) is 18.0 Å². The lowest BCUT2D eigenvalue weighted by Crippen LogP contribution is -2.27. The van der Waals surface area contributed by atoms with Crippen LogP contribution in [-0.2, 0) is 0 Å². The minimum atomic E-state index is -1.16. The van der Waals surface area contributed by atoms with Crippen molar-refractivity contribution >= 4 is 28.8 Å². The molecule has 0 spiro atoms. The lowest BCUT2D eigenvalue weighted by Gasteiger charge is -2.18. The van der Waals surface area contributed by atoms with E-state index < -0.39 is 17.5 Å². The van der Waals surface area contributed by atoms with Crippen LogP contribution in [0, 0.1) is 11.6 Å². The smallest absolute Gasteiger partial charge is 0.261 e. The molecule has 0 atom stereocenters. The number of carbonyl (C=O) groups is 1. The second kappa shape index (κ2) is 5.97. The highest BCUT2D eigenvalue weighted by Gasteiger charge is 2.19. The molecule has 0 fully saturated rings. The van der Waals surface area contributed by atoms with Crippen LogP contribution >= 0.6 is 12.2 Å². The first kappa shape index (κ1) is 15.1. The van der Waals surface area contributed by atoms with Gasteiger partial charge in [-0.2, -0.15) is 0 Å². The molecular formula is C15H12F2N2OS. The summed E-state index contributed by atoms with van der Waals surface area (Å²) >= 11 is 4.84. The average Bonchev–Trinajstić information content (AvgIpc) is 2.48. The lowest BCUT2D eigenvalue weighted by molar-refractivity contribution is 0.0988. The first-order chi connectivity index (χ1) is 9.91. The van der Waals surface area contributed by atoms with E-state index in [1.165, 1.54) is 24.1 Å². The molecule has 3 nitrogen and oxygen atoms in total. The maximum atomic E-state index is 13.6. The molecule has 0 aromatic heterocycles. The molecule has 0 radical (unpaired) electrons. The van der Waals surface area contributed by atoms with E-state index in [-0.39, 0.29) is 10.6 Å². The van der Waals surface area contributed by atoms with Crippen molar-refractivity contribution in [1.82, 2.24) is 0 Å². The van der Waals surface area contributed by atoms with Crippen LogP contribution in [0.2, 0.25) is 0 Å². The summed E-state index contributed by atoms with van der Waals surface area (Å²) in [5, 5.41) is 0. The predicted molar refractivity (Wildman–Crippen MR) is 81.4 cm³/mol. The third-order valence-electron chi connectivity index (χ3n) is 3.03. The van der Waals surface area contributed by atoms with Crippen LogP contribution < -0.4 is 10.6 Å². The number of carbonyl (C=O) groups excluding carboxylic acids is 1. The Morgan fingerprint density at radius 1 is 1.14 bits per heavy atom. The summed E-state index contributed by atoms with van der Waals surface area (Å²) in [4.78, 5) is 13.7. The van der Waals surface area contributed by atoms with Crippen LogP contribution in [0.25, 0.3) is 0 Å². The Kier molecular flexibility index (Phi) is 4.28. The Morgan fingerprint density at radius 2 is 1.76 bits per heavy atom. The standard InChI is InChI=1S/C15H12F2N2OS/c1-19(10-7-5-9(6-8-10)14(18)21)15(20)11-3-2-4-12(16)13(11)17/h2-8H,1H3,(H2,18,21). The molecule has 2 N–H and O–H groups in total. The van der Waals surface area contributed by atoms with Gasteiger partial charge in [0.25, 0.3) is 5.91 Å². The Balaban J connectivity index is 2.30. The number of nitrogens with two attached hydrogens (primary N) is 1. The molecule has 0 aliphatic rings. The predicted octanol–water partition coefficient (Wildman–Crippen LogP) is 2.88. The van der Waals surface area contributed by atoms with Crippen LogP contribution in [0.5, 0.6) is 0 Å². The zero-order valence-corrected chi connectivity index (χ0v) is 12.0. The number of thiocarbonyl (C=S) groups is 1. The van der Waals surface area contributed by atoms with Gasteiger partial charge in [-0.05, 0) is 36.4 Å². The average molecular weight is 306 g/mol. The number of amides is 1. The highest BCUT2D eigenvalue weighted by molar-refractivity contribution is 7.80. The zero-order valence-electron chi connectivity index (χ0n) is 11.1. The van der Waals surface area contributed by atoms with Crippen molar-refractivity contribution in [2.45, 2.75) is 0 Å². The molecule has 0 bridgehead atoms. The van der Waals surface area contributed by atoms with Gasteiger partial charge in [0.05, 0.1) is 5.56 Å². The van der Waals surface area contributed by atoms with E-state index in [2.05, 4.69) is 0 Å². The molecule has 1 amide bonds. The maximum absolute atomic E-state index is 13.6. The number of nitrogens with zero attached hydrogens (tertiary/aromatic N) is 1. The molecule has 2 aromatic rings. The molecule has 0 aliphatic heterocycles. The van der Waals surface area contributed by atoms with Gasteiger partial charge in [0.2, 0.25) is 0 Å². The van der Waals surface area contributed by atoms with Crippen LogP contribution in [0.4, 0.5) is 14.5 Å². The summed E-state index contributed by atoms with van der Waals surface area (Å²) in [6, 6.07) is 10.1. The van der Waals surface area contributed by atoms with Crippen LogP contribution in [0.15, 0.2) is 42.5 Å². The van der Waals surface area contributed by atoms with Gasteiger partial charge < -0.3 is 10.6 Å². The van der Waals surface area contributed by atoms with Crippen molar-refractivity contribution in [3.05, 3.63) is 65.2 Å². The summed E-state index contributed by atoms with van der Waals surface area (Å²) in [5.41, 5.74) is 6.34. The first-order valence-electron chi connectivity index (χ1n) is 6.03. The molecule has 2 rings (SSSR count). The Hall–Kier alpha value is -2.34. The van der Waals surface area contributed by atoms with Crippen molar-refractivity contribution in [3.63, 3.8) is 0 Å². The third-order valence-corrected chi connectivity index (χ3v) is 3.26. The van der Waals surface area contributed by atoms with E-state index in [1.807, 2.05) is 0 Å². The molecule has 0 saturated carbocycles. The quantitative estimate of drug-likeness (QED) is 0.887. The number of anilines is 1. The van der Waals surface area contributed by atoms with E-state index >= 15 is 0 Å². The molecule has 0 heterocycles. The number of hydrogen-bond acceptors (Lipinski definition) is 2. The monoisotopic (exact) mass is 306 g/mol. The van der Waals surface area contributed by atoms with Gasteiger partial charge in [-0.15, -0.1) is 0 Å². The van der Waals surface area contributed by atoms with E-state index in [0.717, 1.165) is 6.07 Å². The molecule has 0 aliphatic carbocycles. The summed E-state index contributed by atoms with van der Waals surface area (Å²) in [6.45, 7) is 0. The van der Waals surface area contributed by atoms with Gasteiger partial charge in [0.15, 0.2) is 11.6 Å². The van der Waals surface area contributed by atoms with Crippen molar-refractivity contribution in [3.8, 4) is 0 Å². The van der Waals surface area contributed by atoms with Crippen LogP contribution in [0.3, 0.4) is 0 Å². The molecule has 6 heteroatoms. The van der Waals surface area contributed by atoms with Gasteiger partial charge >= 0.3 is 0 Å². The number of hydrogen-bond donors (Lipinski definition) is 1. The van der Waals surface area contributed by atoms with Gasteiger partial charge in [-0.3, -0.25) is 4.79 Å². The molecule has 0 unspecified atom stereocenters. The summed E-state index contributed by atoms with van der Waals surface area (Å²) in [7, 11) is 1.47. The molecular weight excluding hydrogens is 294 g/mol. The Bertz CT molecular complexity index is 701. The van der Waals surface area contributed by atoms with Crippen LogP contribution in [0.1, 0.15) is 15.9 Å². The highest BCUT2D eigenvalue weighted by Crippen LogP contribution is 2.19. The topological polar surface area (TPSA) is 46.3 Å². The fourth-order valence-electron chi connectivity index (χ4n) is 1.82. The number of benzene rings is 2. The molecule has 21 heavy (non-hydrogen) atoms. The largest absolute Gasteiger partial charge is 0.389 e. The summed E-state index contributed by atoms with van der Waals surface area (Å²) in [6.07, 6.45) is 0. The first-order valence-corrected chi connectivity index (χ1v) is 6.44. The molecule has 2 aromatic carbocycles. The van der Waals surface area contributed by atoms with E-state index in [0.29, 0.717) is 11.3 Å². The van der Waals surface area contributed by atoms with Gasteiger partial charge in [0, 0.05) is 18.3 Å². The van der Waals surface area contributed by atoms with E-state index in [9.17, 15) is 13.6 Å². The van der Waals surface area contributed by atoms with E-state index in [1.54, 1.807) is 24.3 Å². The fourth-order valence-corrected chi connectivity index (χ4v) is 1.95. The maximum Gasteiger partial charge on any atom is 0.261 e. The van der Waals surface area contributed by atoms with Crippen molar-refractivity contribution < 1.29 is 13.6 Å². The normalized spacial score (nSPS) is 10.2. The van der Waals surface area contributed by atoms with Crippen molar-refractivity contribution in [2.24, 2.45) is 5.73 Å².